The van der Waals surface area contributed by atoms with Crippen molar-refractivity contribution in [3.05, 3.63) is 23.8 Å². The van der Waals surface area contributed by atoms with Gasteiger partial charge in [0.05, 0.1) is 7.11 Å². The molecule has 0 radical (unpaired) electrons. The van der Waals surface area contributed by atoms with Crippen LogP contribution in [0.25, 0.3) is 0 Å². The third kappa shape index (κ3) is 6.72. The van der Waals surface area contributed by atoms with Crippen molar-refractivity contribution in [3.8, 4) is 11.5 Å². The summed E-state index contributed by atoms with van der Waals surface area (Å²) in [5.74, 6) is 0.504. The van der Waals surface area contributed by atoms with Crippen molar-refractivity contribution in [1.29, 1.82) is 0 Å². The Morgan fingerprint density at radius 2 is 2.08 bits per heavy atom. The molecule has 1 aromatic carbocycles. The zero-order valence-corrected chi connectivity index (χ0v) is 16.3. The average Bonchev–Trinajstić information content (AvgIpc) is 2.60. The number of nitrogens with one attached hydrogen (secondary N) is 3. The van der Waals surface area contributed by atoms with Gasteiger partial charge in [-0.05, 0) is 51.4 Å². The second-order valence-corrected chi connectivity index (χ2v) is 6.39. The number of ether oxygens (including phenoxy) is 2. The minimum absolute atomic E-state index is 0. The molecule has 1 aliphatic heterocycles. The molecule has 146 valence electrons. The summed E-state index contributed by atoms with van der Waals surface area (Å²) in [5.41, 5.74) is 0.501. The van der Waals surface area contributed by atoms with Crippen LogP contribution in [0.1, 0.15) is 37.0 Å². The van der Waals surface area contributed by atoms with Gasteiger partial charge >= 0.3 is 0 Å². The second-order valence-electron chi connectivity index (χ2n) is 6.39. The molecule has 0 spiro atoms. The minimum Gasteiger partial charge on any atom is -0.493 e. The molecule has 1 atom stereocenters. The monoisotopic (exact) mass is 385 g/mol. The molecular weight excluding hydrogens is 358 g/mol. The van der Waals surface area contributed by atoms with Gasteiger partial charge in [0.25, 0.3) is 11.8 Å². The van der Waals surface area contributed by atoms with Gasteiger partial charge in [0.15, 0.2) is 18.1 Å². The van der Waals surface area contributed by atoms with E-state index in [0.29, 0.717) is 17.1 Å². The van der Waals surface area contributed by atoms with Crippen LogP contribution in [0, 0.1) is 0 Å². The fourth-order valence-corrected chi connectivity index (χ4v) is 2.68. The van der Waals surface area contributed by atoms with Crippen LogP contribution in [0.3, 0.4) is 0 Å². The number of methoxy groups -OCH3 is 1. The van der Waals surface area contributed by atoms with E-state index in [1.165, 1.54) is 7.11 Å². The highest BCUT2D eigenvalue weighted by Gasteiger charge is 2.18. The number of hydrogen-bond acceptors (Lipinski definition) is 5. The van der Waals surface area contributed by atoms with E-state index in [4.69, 9.17) is 9.47 Å². The smallest absolute Gasteiger partial charge is 0.258 e. The summed E-state index contributed by atoms with van der Waals surface area (Å²) in [6, 6.07) is 5.14. The zero-order chi connectivity index (χ0) is 18.2. The molecule has 1 aliphatic rings. The first-order chi connectivity index (χ1) is 12.0. The van der Waals surface area contributed by atoms with E-state index in [1.807, 2.05) is 13.8 Å². The highest BCUT2D eigenvalue weighted by Crippen LogP contribution is 2.28. The number of benzene rings is 1. The lowest BCUT2D eigenvalue weighted by atomic mass is 10.1. The van der Waals surface area contributed by atoms with Gasteiger partial charge in [0.1, 0.15) is 0 Å². The molecule has 0 aliphatic carbocycles. The molecule has 1 fully saturated rings. The van der Waals surface area contributed by atoms with Crippen molar-refractivity contribution in [1.82, 2.24) is 16.0 Å². The Morgan fingerprint density at radius 3 is 2.69 bits per heavy atom. The summed E-state index contributed by atoms with van der Waals surface area (Å²) < 4.78 is 10.8. The van der Waals surface area contributed by atoms with Crippen LogP contribution < -0.4 is 25.4 Å². The molecule has 7 nitrogen and oxygen atoms in total. The zero-order valence-electron chi connectivity index (χ0n) is 15.5. The third-order valence-electron chi connectivity index (χ3n) is 3.87. The first kappa shape index (κ1) is 22.1. The molecule has 2 rings (SSSR count). The molecule has 1 aromatic rings. The standard InChI is InChI=1S/C18H27N3O4.ClH/c1-12(2)20-17(22)11-25-15-7-6-13(9-16(15)24-3)18(23)21-14-5-4-8-19-10-14;/h6-7,9,12,14,19H,4-5,8,10-11H2,1-3H3,(H,20,22)(H,21,23);1H. The summed E-state index contributed by atoms with van der Waals surface area (Å²) in [6.45, 7) is 5.45. The first-order valence-electron chi connectivity index (χ1n) is 8.61. The van der Waals surface area contributed by atoms with Crippen LogP contribution in [-0.4, -0.2) is 50.7 Å². The van der Waals surface area contributed by atoms with Gasteiger partial charge in [-0.2, -0.15) is 0 Å². The van der Waals surface area contributed by atoms with E-state index < -0.39 is 0 Å². The molecule has 3 N–H and O–H groups in total. The Hall–Kier alpha value is -1.99. The van der Waals surface area contributed by atoms with Crippen molar-refractivity contribution in [3.63, 3.8) is 0 Å². The van der Waals surface area contributed by atoms with Gasteiger partial charge in [-0.25, -0.2) is 0 Å². The van der Waals surface area contributed by atoms with E-state index in [0.717, 1.165) is 25.9 Å². The second kappa shape index (κ2) is 10.9. The van der Waals surface area contributed by atoms with Crippen molar-refractivity contribution < 1.29 is 19.1 Å². The lowest BCUT2D eigenvalue weighted by Gasteiger charge is -2.24. The number of carbonyl (C=O) groups is 2. The molecule has 8 heteroatoms. The summed E-state index contributed by atoms with van der Waals surface area (Å²) in [5, 5.41) is 9.03. The maximum atomic E-state index is 12.4. The summed E-state index contributed by atoms with van der Waals surface area (Å²) in [7, 11) is 1.50. The molecule has 1 saturated heterocycles. The van der Waals surface area contributed by atoms with Crippen molar-refractivity contribution in [2.45, 2.75) is 38.8 Å². The highest BCUT2D eigenvalue weighted by atomic mass is 35.5. The molecule has 1 heterocycles. The largest absolute Gasteiger partial charge is 0.493 e. The van der Waals surface area contributed by atoms with Gasteiger partial charge in [-0.3, -0.25) is 9.59 Å². The normalized spacial score (nSPS) is 16.4. The summed E-state index contributed by atoms with van der Waals surface area (Å²) >= 11 is 0. The number of rotatable bonds is 7. The van der Waals surface area contributed by atoms with Crippen LogP contribution >= 0.6 is 12.4 Å². The number of piperidine rings is 1. The van der Waals surface area contributed by atoms with Gasteiger partial charge in [0.2, 0.25) is 0 Å². The Bertz CT molecular complexity index is 604. The molecule has 2 amide bonds. The van der Waals surface area contributed by atoms with Crippen molar-refractivity contribution >= 4 is 24.2 Å². The molecule has 0 aromatic heterocycles. The lowest BCUT2D eigenvalue weighted by molar-refractivity contribution is -0.123. The lowest BCUT2D eigenvalue weighted by Crippen LogP contribution is -2.45. The predicted molar refractivity (Wildman–Crippen MR) is 102 cm³/mol. The number of carbonyl (C=O) groups excluding carboxylic acids is 2. The van der Waals surface area contributed by atoms with Crippen molar-refractivity contribution in [2.24, 2.45) is 0 Å². The van der Waals surface area contributed by atoms with Crippen LogP contribution in [0.4, 0.5) is 0 Å². The van der Waals surface area contributed by atoms with E-state index in [2.05, 4.69) is 16.0 Å². The van der Waals surface area contributed by atoms with E-state index in [-0.39, 0.29) is 42.9 Å². The molecular formula is C18H28ClN3O4. The van der Waals surface area contributed by atoms with E-state index in [1.54, 1.807) is 18.2 Å². The molecule has 26 heavy (non-hydrogen) atoms. The first-order valence-corrected chi connectivity index (χ1v) is 8.61. The van der Waals surface area contributed by atoms with Crippen LogP contribution in [0.2, 0.25) is 0 Å². The Morgan fingerprint density at radius 1 is 1.31 bits per heavy atom. The third-order valence-corrected chi connectivity index (χ3v) is 3.87. The molecule has 0 saturated carbocycles. The predicted octanol–water partition coefficient (Wildman–Crippen LogP) is 1.50. The average molecular weight is 386 g/mol. The quantitative estimate of drug-likeness (QED) is 0.662. The minimum atomic E-state index is -0.205. The topological polar surface area (TPSA) is 88.7 Å². The van der Waals surface area contributed by atoms with E-state index >= 15 is 0 Å². The summed E-state index contributed by atoms with van der Waals surface area (Å²) in [4.78, 5) is 24.1. The molecule has 0 bridgehead atoms. The van der Waals surface area contributed by atoms with Gasteiger partial charge in [-0.15, -0.1) is 12.4 Å². The van der Waals surface area contributed by atoms with Crippen LogP contribution in [-0.2, 0) is 4.79 Å². The van der Waals surface area contributed by atoms with Gasteiger partial charge < -0.3 is 25.4 Å². The maximum absolute atomic E-state index is 12.4. The Labute approximate surface area is 160 Å². The maximum Gasteiger partial charge on any atom is 0.258 e. The fourth-order valence-electron chi connectivity index (χ4n) is 2.68. The van der Waals surface area contributed by atoms with Gasteiger partial charge in [0, 0.05) is 24.2 Å². The number of hydrogen-bond donors (Lipinski definition) is 3. The van der Waals surface area contributed by atoms with Crippen molar-refractivity contribution in [2.75, 3.05) is 26.8 Å². The molecule has 1 unspecified atom stereocenters. The Balaban J connectivity index is 0.00000338. The van der Waals surface area contributed by atoms with Crippen LogP contribution in [0.5, 0.6) is 11.5 Å². The fraction of sp³-hybridized carbons (Fsp3) is 0.556. The van der Waals surface area contributed by atoms with E-state index in [9.17, 15) is 9.59 Å². The summed E-state index contributed by atoms with van der Waals surface area (Å²) in [6.07, 6.45) is 2.03. The SMILES string of the molecule is COc1cc(C(=O)NC2CCCNC2)ccc1OCC(=O)NC(C)C.Cl. The van der Waals surface area contributed by atoms with Crippen LogP contribution in [0.15, 0.2) is 18.2 Å². The highest BCUT2D eigenvalue weighted by molar-refractivity contribution is 5.95. The van der Waals surface area contributed by atoms with Gasteiger partial charge in [-0.1, -0.05) is 0 Å². The number of amides is 2. The number of halogens is 1. The Kier molecular flexibility index (Phi) is 9.23.